The summed E-state index contributed by atoms with van der Waals surface area (Å²) < 4.78 is 5.54. The van der Waals surface area contributed by atoms with Crippen LogP contribution in [0.1, 0.15) is 46.5 Å². The smallest absolute Gasteiger partial charge is 0.246 e. The first kappa shape index (κ1) is 15.3. The summed E-state index contributed by atoms with van der Waals surface area (Å²) in [4.78, 5) is 28.8. The van der Waals surface area contributed by atoms with Crippen molar-refractivity contribution in [2.45, 2.75) is 64.6 Å². The molecule has 2 heterocycles. The average Bonchev–Trinajstić information content (AvgIpc) is 2.45. The highest BCUT2D eigenvalue weighted by Crippen LogP contribution is 2.27. The Morgan fingerprint density at radius 1 is 1.25 bits per heavy atom. The van der Waals surface area contributed by atoms with Gasteiger partial charge in [-0.05, 0) is 39.5 Å². The van der Waals surface area contributed by atoms with Crippen LogP contribution < -0.4 is 0 Å². The second-order valence-electron chi connectivity index (χ2n) is 5.72. The van der Waals surface area contributed by atoms with Crippen molar-refractivity contribution < 1.29 is 14.3 Å². The third-order valence-electron chi connectivity index (χ3n) is 4.31. The molecule has 5 nitrogen and oxygen atoms in total. The SMILES string of the molecule is CCOC(C)CN1C(=O)C2CCCCN2C(=O)C1CC. The first-order valence-corrected chi connectivity index (χ1v) is 7.82. The number of nitrogens with zero attached hydrogens (tertiary/aromatic N) is 2. The summed E-state index contributed by atoms with van der Waals surface area (Å²) in [5.41, 5.74) is 0. The number of fused-ring (bicyclic) bond motifs is 1. The fraction of sp³-hybridized carbons (Fsp3) is 0.867. The minimum absolute atomic E-state index is 0.0269. The van der Waals surface area contributed by atoms with Crippen molar-refractivity contribution in [2.75, 3.05) is 19.7 Å². The lowest BCUT2D eigenvalue weighted by Crippen LogP contribution is -2.66. The second-order valence-corrected chi connectivity index (χ2v) is 5.72. The standard InChI is InChI=1S/C15H26N2O3/c1-4-12-14(18)16-9-7-6-8-13(16)15(19)17(12)10-11(3)20-5-2/h11-13H,4-10H2,1-3H3. The number of rotatable bonds is 5. The summed E-state index contributed by atoms with van der Waals surface area (Å²) in [6.07, 6.45) is 3.50. The van der Waals surface area contributed by atoms with Crippen LogP contribution >= 0.6 is 0 Å². The number of carbonyl (C=O) groups is 2. The molecule has 0 N–H and O–H groups in total. The maximum absolute atomic E-state index is 12.7. The molecule has 2 amide bonds. The van der Waals surface area contributed by atoms with E-state index in [2.05, 4.69) is 0 Å². The van der Waals surface area contributed by atoms with Gasteiger partial charge in [-0.2, -0.15) is 0 Å². The zero-order valence-corrected chi connectivity index (χ0v) is 12.8. The largest absolute Gasteiger partial charge is 0.377 e. The second kappa shape index (κ2) is 6.57. The van der Waals surface area contributed by atoms with E-state index in [9.17, 15) is 9.59 Å². The maximum atomic E-state index is 12.7. The van der Waals surface area contributed by atoms with E-state index in [4.69, 9.17) is 4.74 Å². The van der Waals surface area contributed by atoms with Crippen LogP contribution in [-0.2, 0) is 14.3 Å². The van der Waals surface area contributed by atoms with Crippen molar-refractivity contribution >= 4 is 11.8 Å². The lowest BCUT2D eigenvalue weighted by Gasteiger charge is -2.47. The van der Waals surface area contributed by atoms with E-state index in [-0.39, 0.29) is 30.0 Å². The van der Waals surface area contributed by atoms with Crippen molar-refractivity contribution in [3.63, 3.8) is 0 Å². The van der Waals surface area contributed by atoms with Gasteiger partial charge in [0, 0.05) is 19.7 Å². The molecule has 0 aromatic carbocycles. The summed E-state index contributed by atoms with van der Waals surface area (Å²) in [7, 11) is 0. The molecular formula is C15H26N2O3. The summed E-state index contributed by atoms with van der Waals surface area (Å²) >= 11 is 0. The topological polar surface area (TPSA) is 49.9 Å². The number of piperazine rings is 1. The van der Waals surface area contributed by atoms with Crippen LogP contribution in [0.15, 0.2) is 0 Å². The Balaban J connectivity index is 2.15. The van der Waals surface area contributed by atoms with Gasteiger partial charge in [-0.1, -0.05) is 6.92 Å². The van der Waals surface area contributed by atoms with Gasteiger partial charge in [0.05, 0.1) is 6.10 Å². The van der Waals surface area contributed by atoms with E-state index in [0.29, 0.717) is 19.6 Å². The van der Waals surface area contributed by atoms with E-state index < -0.39 is 0 Å². The minimum atomic E-state index is -0.306. The number of hydrogen-bond acceptors (Lipinski definition) is 3. The molecule has 0 aliphatic carbocycles. The van der Waals surface area contributed by atoms with Crippen LogP contribution in [0.3, 0.4) is 0 Å². The molecule has 0 spiro atoms. The van der Waals surface area contributed by atoms with Crippen LogP contribution in [0.4, 0.5) is 0 Å². The fourth-order valence-electron chi connectivity index (χ4n) is 3.35. The molecule has 2 rings (SSSR count). The normalized spacial score (nSPS) is 28.6. The fourth-order valence-corrected chi connectivity index (χ4v) is 3.35. The number of piperidine rings is 1. The molecule has 3 atom stereocenters. The molecule has 0 aromatic heterocycles. The lowest BCUT2D eigenvalue weighted by atomic mass is 9.94. The van der Waals surface area contributed by atoms with Gasteiger partial charge in [0.1, 0.15) is 12.1 Å². The molecule has 2 fully saturated rings. The molecule has 0 aromatic rings. The molecule has 20 heavy (non-hydrogen) atoms. The number of hydrogen-bond donors (Lipinski definition) is 0. The Morgan fingerprint density at radius 2 is 2.00 bits per heavy atom. The summed E-state index contributed by atoms with van der Waals surface area (Å²) in [6.45, 7) is 7.75. The predicted octanol–water partition coefficient (Wildman–Crippen LogP) is 1.41. The molecule has 2 aliphatic rings. The first-order valence-electron chi connectivity index (χ1n) is 7.82. The Kier molecular flexibility index (Phi) is 5.02. The highest BCUT2D eigenvalue weighted by molar-refractivity contribution is 5.97. The summed E-state index contributed by atoms with van der Waals surface area (Å²) in [5.74, 6) is 0.239. The van der Waals surface area contributed by atoms with Gasteiger partial charge < -0.3 is 14.5 Å². The third kappa shape index (κ3) is 2.82. The molecule has 3 unspecified atom stereocenters. The van der Waals surface area contributed by atoms with Crippen LogP contribution in [0, 0.1) is 0 Å². The third-order valence-corrected chi connectivity index (χ3v) is 4.31. The zero-order valence-electron chi connectivity index (χ0n) is 12.8. The van der Waals surface area contributed by atoms with Gasteiger partial charge in [-0.15, -0.1) is 0 Å². The molecule has 0 saturated carbocycles. The molecule has 114 valence electrons. The molecule has 0 bridgehead atoms. The highest BCUT2D eigenvalue weighted by Gasteiger charge is 2.45. The predicted molar refractivity (Wildman–Crippen MR) is 76.2 cm³/mol. The van der Waals surface area contributed by atoms with Gasteiger partial charge in [-0.3, -0.25) is 9.59 Å². The quantitative estimate of drug-likeness (QED) is 0.766. The highest BCUT2D eigenvalue weighted by atomic mass is 16.5. The van der Waals surface area contributed by atoms with E-state index in [1.165, 1.54) is 0 Å². The zero-order chi connectivity index (χ0) is 14.7. The van der Waals surface area contributed by atoms with E-state index in [1.807, 2.05) is 25.7 Å². The van der Waals surface area contributed by atoms with Crippen LogP contribution in [0.5, 0.6) is 0 Å². The molecular weight excluding hydrogens is 256 g/mol. The van der Waals surface area contributed by atoms with Gasteiger partial charge in [0.25, 0.3) is 0 Å². The van der Waals surface area contributed by atoms with Crippen LogP contribution in [0.2, 0.25) is 0 Å². The van der Waals surface area contributed by atoms with Crippen molar-refractivity contribution in [3.8, 4) is 0 Å². The number of amides is 2. The van der Waals surface area contributed by atoms with Gasteiger partial charge >= 0.3 is 0 Å². The Bertz CT molecular complexity index is 372. The number of ether oxygens (including phenoxy) is 1. The lowest BCUT2D eigenvalue weighted by molar-refractivity contribution is -0.165. The van der Waals surface area contributed by atoms with Crippen molar-refractivity contribution in [2.24, 2.45) is 0 Å². The molecule has 0 radical (unpaired) electrons. The monoisotopic (exact) mass is 282 g/mol. The first-order chi connectivity index (χ1) is 9.60. The molecule has 5 heteroatoms. The van der Waals surface area contributed by atoms with Gasteiger partial charge in [-0.25, -0.2) is 0 Å². The minimum Gasteiger partial charge on any atom is -0.377 e. The Labute approximate surface area is 121 Å². The molecule has 2 aliphatic heterocycles. The van der Waals surface area contributed by atoms with Crippen molar-refractivity contribution in [1.82, 2.24) is 9.80 Å². The van der Waals surface area contributed by atoms with E-state index in [1.54, 1.807) is 4.90 Å². The van der Waals surface area contributed by atoms with Gasteiger partial charge in [0.15, 0.2) is 0 Å². The van der Waals surface area contributed by atoms with Crippen molar-refractivity contribution in [3.05, 3.63) is 0 Å². The average molecular weight is 282 g/mol. The maximum Gasteiger partial charge on any atom is 0.246 e. The van der Waals surface area contributed by atoms with Gasteiger partial charge in [0.2, 0.25) is 11.8 Å². The molecule has 2 saturated heterocycles. The van der Waals surface area contributed by atoms with E-state index in [0.717, 1.165) is 25.8 Å². The Hall–Kier alpha value is -1.10. The van der Waals surface area contributed by atoms with Crippen LogP contribution in [0.25, 0.3) is 0 Å². The Morgan fingerprint density at radius 3 is 2.65 bits per heavy atom. The van der Waals surface area contributed by atoms with Crippen LogP contribution in [-0.4, -0.2) is 59.5 Å². The van der Waals surface area contributed by atoms with E-state index >= 15 is 0 Å². The summed E-state index contributed by atoms with van der Waals surface area (Å²) in [6, 6.07) is -0.535. The summed E-state index contributed by atoms with van der Waals surface area (Å²) in [5, 5.41) is 0. The number of carbonyl (C=O) groups excluding carboxylic acids is 2. The van der Waals surface area contributed by atoms with Crippen molar-refractivity contribution in [1.29, 1.82) is 0 Å².